The first-order valence-corrected chi connectivity index (χ1v) is 32.3. The van der Waals surface area contributed by atoms with Crippen LogP contribution in [0.4, 0.5) is 0 Å². The van der Waals surface area contributed by atoms with Gasteiger partial charge in [-0.1, -0.05) is 263 Å². The molecule has 0 heterocycles. The van der Waals surface area contributed by atoms with Crippen molar-refractivity contribution in [2.24, 2.45) is 0 Å². The highest BCUT2D eigenvalue weighted by molar-refractivity contribution is 5.71. The zero-order valence-corrected chi connectivity index (χ0v) is 51.1. The summed E-state index contributed by atoms with van der Waals surface area (Å²) < 4.78 is 16.9. The van der Waals surface area contributed by atoms with E-state index in [9.17, 15) is 14.4 Å². The van der Waals surface area contributed by atoms with Crippen molar-refractivity contribution >= 4 is 17.9 Å². The van der Waals surface area contributed by atoms with Crippen molar-refractivity contribution in [3.8, 4) is 0 Å². The topological polar surface area (TPSA) is 78.9 Å². The van der Waals surface area contributed by atoms with E-state index in [1.54, 1.807) is 0 Å². The molecule has 0 aromatic heterocycles. The molecule has 1 atom stereocenters. The maximum absolute atomic E-state index is 12.9. The minimum absolute atomic E-state index is 0.0973. The zero-order chi connectivity index (χ0) is 57.1. The number of allylic oxidation sites excluding steroid dienone is 24. The van der Waals surface area contributed by atoms with Crippen LogP contribution in [0.15, 0.2) is 146 Å². The van der Waals surface area contributed by atoms with Gasteiger partial charge < -0.3 is 14.2 Å². The third-order valence-electron chi connectivity index (χ3n) is 13.3. The number of carbonyl (C=O) groups excluding carboxylic acids is 3. The molecular weight excluding hydrogens is 973 g/mol. The van der Waals surface area contributed by atoms with Gasteiger partial charge >= 0.3 is 17.9 Å². The third-order valence-corrected chi connectivity index (χ3v) is 13.3. The van der Waals surface area contributed by atoms with E-state index in [0.29, 0.717) is 19.3 Å². The Morgan fingerprint density at radius 3 is 0.772 bits per heavy atom. The molecule has 79 heavy (non-hydrogen) atoms. The number of hydrogen-bond donors (Lipinski definition) is 0. The van der Waals surface area contributed by atoms with Crippen molar-refractivity contribution in [3.63, 3.8) is 0 Å². The third kappa shape index (κ3) is 64.0. The van der Waals surface area contributed by atoms with Crippen molar-refractivity contribution in [2.75, 3.05) is 13.2 Å². The summed E-state index contributed by atoms with van der Waals surface area (Å²) in [6, 6.07) is 0. The van der Waals surface area contributed by atoms with Crippen molar-refractivity contribution in [2.45, 2.75) is 284 Å². The second-order valence-corrected chi connectivity index (χ2v) is 20.9. The molecule has 6 heteroatoms. The highest BCUT2D eigenvalue weighted by Crippen LogP contribution is 2.15. The van der Waals surface area contributed by atoms with Crippen LogP contribution in [0.1, 0.15) is 278 Å². The van der Waals surface area contributed by atoms with Gasteiger partial charge in [-0.2, -0.15) is 0 Å². The Hall–Kier alpha value is -4.71. The Kier molecular flexibility index (Phi) is 61.9. The summed E-state index contributed by atoms with van der Waals surface area (Å²) in [7, 11) is 0. The maximum atomic E-state index is 12.9. The molecular formula is C73H118O6. The number of hydrogen-bond acceptors (Lipinski definition) is 6. The van der Waals surface area contributed by atoms with Gasteiger partial charge in [-0.15, -0.1) is 0 Å². The van der Waals surface area contributed by atoms with Crippen molar-refractivity contribution in [1.29, 1.82) is 0 Å². The molecule has 446 valence electrons. The first-order chi connectivity index (χ1) is 39.0. The van der Waals surface area contributed by atoms with E-state index in [4.69, 9.17) is 14.2 Å². The SMILES string of the molecule is CC/C=C\C/C=C\C/C=C\C/C=C\C/C=C\C/C=C\C/C=C\CCCCCCCC(=O)OCC(COC(=O)CCCCCCCCC/C=C\C/C=C\CCCCC)OC(=O)CCCCCCCCC/C=C\C/C=C\C/C=C\CC. The minimum Gasteiger partial charge on any atom is -0.462 e. The van der Waals surface area contributed by atoms with Crippen molar-refractivity contribution < 1.29 is 28.6 Å². The molecule has 0 aliphatic carbocycles. The van der Waals surface area contributed by atoms with Crippen LogP contribution in [0.2, 0.25) is 0 Å². The Bertz CT molecular complexity index is 1730. The summed E-state index contributed by atoms with van der Waals surface area (Å²) in [6.07, 6.45) is 94.1. The van der Waals surface area contributed by atoms with E-state index >= 15 is 0 Å². The first-order valence-electron chi connectivity index (χ1n) is 32.3. The summed E-state index contributed by atoms with van der Waals surface area (Å²) in [6.45, 7) is 6.37. The van der Waals surface area contributed by atoms with Gasteiger partial charge in [-0.25, -0.2) is 0 Å². The van der Waals surface area contributed by atoms with E-state index < -0.39 is 6.10 Å². The Morgan fingerprint density at radius 1 is 0.266 bits per heavy atom. The van der Waals surface area contributed by atoms with E-state index in [1.807, 2.05) is 0 Å². The molecule has 0 aliphatic heterocycles. The second-order valence-electron chi connectivity index (χ2n) is 20.9. The molecule has 6 nitrogen and oxygen atoms in total. The van der Waals surface area contributed by atoms with Crippen LogP contribution in [-0.2, 0) is 28.6 Å². The number of carbonyl (C=O) groups is 3. The molecule has 0 saturated heterocycles. The average molecular weight is 1090 g/mol. The molecule has 0 bridgehead atoms. The highest BCUT2D eigenvalue weighted by atomic mass is 16.6. The fraction of sp³-hybridized carbons (Fsp3) is 0.630. The summed E-state index contributed by atoms with van der Waals surface area (Å²) >= 11 is 0. The molecule has 0 aromatic carbocycles. The number of ether oxygens (including phenoxy) is 3. The van der Waals surface area contributed by atoms with Crippen LogP contribution in [0.25, 0.3) is 0 Å². The lowest BCUT2D eigenvalue weighted by Crippen LogP contribution is -2.30. The molecule has 1 unspecified atom stereocenters. The summed E-state index contributed by atoms with van der Waals surface area (Å²) in [5.41, 5.74) is 0. The first kappa shape index (κ1) is 74.3. The van der Waals surface area contributed by atoms with Gasteiger partial charge in [0, 0.05) is 19.3 Å². The van der Waals surface area contributed by atoms with E-state index in [2.05, 4.69) is 167 Å². The fourth-order valence-electron chi connectivity index (χ4n) is 8.53. The van der Waals surface area contributed by atoms with Crippen LogP contribution >= 0.6 is 0 Å². The summed E-state index contributed by atoms with van der Waals surface area (Å²) in [5, 5.41) is 0. The molecule has 0 radical (unpaired) electrons. The molecule has 0 N–H and O–H groups in total. The maximum Gasteiger partial charge on any atom is 0.306 e. The van der Waals surface area contributed by atoms with Crippen LogP contribution in [0.3, 0.4) is 0 Å². The van der Waals surface area contributed by atoms with Crippen molar-refractivity contribution in [3.05, 3.63) is 146 Å². The lowest BCUT2D eigenvalue weighted by Gasteiger charge is -2.18. The van der Waals surface area contributed by atoms with Crippen LogP contribution < -0.4 is 0 Å². The van der Waals surface area contributed by atoms with Gasteiger partial charge in [-0.05, 0) is 141 Å². The van der Waals surface area contributed by atoms with Gasteiger partial charge in [0.15, 0.2) is 6.10 Å². The lowest BCUT2D eigenvalue weighted by molar-refractivity contribution is -0.167. The van der Waals surface area contributed by atoms with Gasteiger partial charge in [0.05, 0.1) is 0 Å². The molecule has 0 aliphatic rings. The largest absolute Gasteiger partial charge is 0.462 e. The second kappa shape index (κ2) is 65.8. The average Bonchev–Trinajstić information content (AvgIpc) is 3.45. The van der Waals surface area contributed by atoms with Gasteiger partial charge in [-0.3, -0.25) is 14.4 Å². The number of unbranched alkanes of at least 4 members (excludes halogenated alkanes) is 22. The predicted molar refractivity (Wildman–Crippen MR) is 343 cm³/mol. The summed E-state index contributed by atoms with van der Waals surface area (Å²) in [4.78, 5) is 38.4. The Morgan fingerprint density at radius 2 is 0.494 bits per heavy atom. The fourth-order valence-corrected chi connectivity index (χ4v) is 8.53. The molecule has 0 aromatic rings. The van der Waals surface area contributed by atoms with Crippen LogP contribution in [-0.4, -0.2) is 37.2 Å². The van der Waals surface area contributed by atoms with E-state index in [0.717, 1.165) is 161 Å². The van der Waals surface area contributed by atoms with Gasteiger partial charge in [0.25, 0.3) is 0 Å². The normalized spacial score (nSPS) is 13.1. The smallest absolute Gasteiger partial charge is 0.306 e. The predicted octanol–water partition coefficient (Wildman–Crippen LogP) is 22.3. The molecule has 0 rings (SSSR count). The monoisotopic (exact) mass is 1090 g/mol. The lowest BCUT2D eigenvalue weighted by atomic mass is 10.1. The number of esters is 3. The number of rotatable bonds is 57. The molecule has 0 fully saturated rings. The van der Waals surface area contributed by atoms with Crippen molar-refractivity contribution in [1.82, 2.24) is 0 Å². The molecule has 0 amide bonds. The molecule has 0 spiro atoms. The summed E-state index contributed by atoms with van der Waals surface area (Å²) in [5.74, 6) is -0.933. The minimum atomic E-state index is -0.803. The Labute approximate surface area is 487 Å². The highest BCUT2D eigenvalue weighted by Gasteiger charge is 2.19. The molecule has 0 saturated carbocycles. The van der Waals surface area contributed by atoms with Crippen LogP contribution in [0.5, 0.6) is 0 Å². The van der Waals surface area contributed by atoms with Crippen LogP contribution in [0, 0.1) is 0 Å². The van der Waals surface area contributed by atoms with E-state index in [-0.39, 0.29) is 31.1 Å². The van der Waals surface area contributed by atoms with Gasteiger partial charge in [0.2, 0.25) is 0 Å². The Balaban J connectivity index is 4.44. The standard InChI is InChI=1S/C73H118O6/c1-4-7-10-13-16-19-22-25-28-31-32-33-34-35-36-37-38-39-40-43-45-48-51-54-57-60-63-66-72(75)78-69-70(79-73(76)67-64-61-58-55-52-49-46-42-30-27-24-21-18-15-12-9-6-3)68-77-71(74)65-62-59-56-53-50-47-44-41-29-26-23-20-17-14-11-8-5-2/h7,9-10,12,16-21,25-30,32-33,35-36,38-39,43,45,70H,4-6,8,11,13-15,22-24,31,34,37,40-42,44,46-69H2,1-3H3/b10-7-,12-9-,19-16-,20-17-,21-18-,28-25-,29-26-,30-27-,33-32-,36-35-,39-38-,45-43-. The zero-order valence-electron chi connectivity index (χ0n) is 51.1. The van der Waals surface area contributed by atoms with E-state index in [1.165, 1.54) is 77.0 Å². The van der Waals surface area contributed by atoms with Gasteiger partial charge in [0.1, 0.15) is 13.2 Å². The quantitative estimate of drug-likeness (QED) is 0.0261.